The maximum Gasteiger partial charge on any atom is 0.408 e. The summed E-state index contributed by atoms with van der Waals surface area (Å²) in [4.78, 5) is 39.2. The molecular weight excluding hydrogens is 538 g/mol. The summed E-state index contributed by atoms with van der Waals surface area (Å²) in [6.07, 6.45) is 12.5. The van der Waals surface area contributed by atoms with Gasteiger partial charge in [-0.05, 0) is 128 Å². The van der Waals surface area contributed by atoms with Gasteiger partial charge in [-0.15, -0.1) is 0 Å². The molecule has 8 atom stereocenters. The molecular formula is C37H57NO5. The number of hydrogen-bond acceptors (Lipinski definition) is 5. The Bertz CT molecular complexity index is 1210. The largest absolute Gasteiger partial charge is 0.462 e. The van der Waals surface area contributed by atoms with Crippen molar-refractivity contribution < 1.29 is 23.9 Å². The zero-order chi connectivity index (χ0) is 31.2. The van der Waals surface area contributed by atoms with Crippen molar-refractivity contribution in [2.45, 2.75) is 157 Å². The minimum Gasteiger partial charge on any atom is -0.462 e. The van der Waals surface area contributed by atoms with Crippen LogP contribution in [0.1, 0.15) is 139 Å². The molecule has 0 aromatic heterocycles. The molecule has 0 saturated heterocycles. The van der Waals surface area contributed by atoms with E-state index in [0.717, 1.165) is 82.6 Å². The van der Waals surface area contributed by atoms with Crippen LogP contribution in [0, 0.1) is 45.3 Å². The minimum absolute atomic E-state index is 0.00447. The zero-order valence-corrected chi connectivity index (χ0v) is 28.2. The average Bonchev–Trinajstić information content (AvgIpc) is 3.51. The Labute approximate surface area is 259 Å². The normalized spacial score (nSPS) is 43.9. The second-order valence-corrected chi connectivity index (χ2v) is 17.2. The van der Waals surface area contributed by atoms with Crippen LogP contribution in [0.15, 0.2) is 11.1 Å². The van der Waals surface area contributed by atoms with E-state index in [1.807, 2.05) is 0 Å². The molecule has 0 radical (unpaired) electrons. The fraction of sp³-hybridized carbons (Fsp3) is 0.865. The van der Waals surface area contributed by atoms with Crippen molar-refractivity contribution in [3.05, 3.63) is 11.1 Å². The van der Waals surface area contributed by atoms with E-state index in [2.05, 4.69) is 53.8 Å². The first kappa shape index (κ1) is 31.1. The Morgan fingerprint density at radius 3 is 2.16 bits per heavy atom. The third-order valence-electron chi connectivity index (χ3n) is 14.6. The van der Waals surface area contributed by atoms with Crippen LogP contribution < -0.4 is 5.32 Å². The van der Waals surface area contributed by atoms with Gasteiger partial charge in [0.15, 0.2) is 5.78 Å². The Hall–Kier alpha value is -1.85. The highest BCUT2D eigenvalue weighted by atomic mass is 16.6. The number of alkyl carbamates (subject to hydrolysis) is 1. The molecule has 0 heterocycles. The van der Waals surface area contributed by atoms with Gasteiger partial charge >= 0.3 is 12.1 Å². The van der Waals surface area contributed by atoms with Gasteiger partial charge in [0.05, 0.1) is 5.54 Å². The van der Waals surface area contributed by atoms with Crippen molar-refractivity contribution in [3.8, 4) is 0 Å². The monoisotopic (exact) mass is 595 g/mol. The Morgan fingerprint density at radius 2 is 1.51 bits per heavy atom. The summed E-state index contributed by atoms with van der Waals surface area (Å²) < 4.78 is 11.8. The zero-order valence-electron chi connectivity index (χ0n) is 28.2. The van der Waals surface area contributed by atoms with Crippen molar-refractivity contribution in [2.75, 3.05) is 0 Å². The summed E-state index contributed by atoms with van der Waals surface area (Å²) in [6, 6.07) is 0. The lowest BCUT2D eigenvalue weighted by Gasteiger charge is -2.72. The second kappa shape index (κ2) is 10.3. The highest BCUT2D eigenvalue weighted by Crippen LogP contribution is 2.75. The topological polar surface area (TPSA) is 81.7 Å². The van der Waals surface area contributed by atoms with Gasteiger partial charge in [0, 0.05) is 18.8 Å². The number of amides is 1. The number of ketones is 1. The molecule has 240 valence electrons. The third-order valence-corrected chi connectivity index (χ3v) is 14.6. The molecule has 0 aliphatic heterocycles. The van der Waals surface area contributed by atoms with Crippen LogP contribution in [0.3, 0.4) is 0 Å². The van der Waals surface area contributed by atoms with Crippen LogP contribution in [0.4, 0.5) is 4.79 Å². The summed E-state index contributed by atoms with van der Waals surface area (Å²) in [5.41, 5.74) is 1.93. The molecule has 0 bridgehead atoms. The number of esters is 1. The number of hydrogen-bond donors (Lipinski definition) is 1. The van der Waals surface area contributed by atoms with E-state index >= 15 is 0 Å². The number of fused-ring (bicyclic) bond motifs is 7. The van der Waals surface area contributed by atoms with Gasteiger partial charge in [0.2, 0.25) is 0 Å². The molecule has 5 saturated carbocycles. The first-order valence-corrected chi connectivity index (χ1v) is 17.5. The fourth-order valence-electron chi connectivity index (χ4n) is 12.5. The summed E-state index contributed by atoms with van der Waals surface area (Å²) >= 11 is 0. The van der Waals surface area contributed by atoms with Crippen LogP contribution >= 0.6 is 0 Å². The summed E-state index contributed by atoms with van der Waals surface area (Å²) in [5.74, 6) is 1.56. The van der Waals surface area contributed by atoms with E-state index in [4.69, 9.17) is 9.47 Å². The van der Waals surface area contributed by atoms with E-state index < -0.39 is 5.54 Å². The number of carbonyl (C=O) groups excluding carboxylic acids is 3. The first-order chi connectivity index (χ1) is 20.1. The van der Waals surface area contributed by atoms with Crippen molar-refractivity contribution in [3.63, 3.8) is 0 Å². The highest BCUT2D eigenvalue weighted by molar-refractivity contribution is 6.02. The second-order valence-electron chi connectivity index (χ2n) is 17.2. The van der Waals surface area contributed by atoms with Gasteiger partial charge in [-0.2, -0.15) is 0 Å². The number of ether oxygens (including phenoxy) is 2. The predicted octanol–water partition coefficient (Wildman–Crippen LogP) is 8.32. The van der Waals surface area contributed by atoms with Gasteiger partial charge in [-0.25, -0.2) is 4.79 Å². The van der Waals surface area contributed by atoms with Gasteiger partial charge in [-0.3, -0.25) is 9.59 Å². The quantitative estimate of drug-likeness (QED) is 0.331. The molecule has 6 nitrogen and oxygen atoms in total. The van der Waals surface area contributed by atoms with Gasteiger partial charge in [0.1, 0.15) is 12.2 Å². The molecule has 5 fully saturated rings. The molecule has 0 aromatic carbocycles. The molecule has 3 unspecified atom stereocenters. The Morgan fingerprint density at radius 1 is 0.814 bits per heavy atom. The molecule has 1 amide bonds. The molecule has 1 N–H and O–H groups in total. The van der Waals surface area contributed by atoms with Crippen LogP contribution in [-0.2, 0) is 19.1 Å². The number of Topliss-reactive ketones (excluding diaryl/α,β-unsaturated/α-hetero) is 1. The fourth-order valence-corrected chi connectivity index (χ4v) is 12.5. The number of nitrogens with one attached hydrogen (secondary N) is 1. The van der Waals surface area contributed by atoms with Crippen LogP contribution in [0.2, 0.25) is 0 Å². The smallest absolute Gasteiger partial charge is 0.408 e. The van der Waals surface area contributed by atoms with E-state index in [-0.39, 0.29) is 63.5 Å². The maximum atomic E-state index is 13.8. The van der Waals surface area contributed by atoms with Crippen molar-refractivity contribution >= 4 is 17.8 Å². The summed E-state index contributed by atoms with van der Waals surface area (Å²) in [5, 5.41) is 3.37. The van der Waals surface area contributed by atoms with Crippen molar-refractivity contribution in [2.24, 2.45) is 45.3 Å². The third kappa shape index (κ3) is 4.48. The minimum atomic E-state index is -0.606. The van der Waals surface area contributed by atoms with E-state index in [0.29, 0.717) is 18.3 Å². The van der Waals surface area contributed by atoms with Gasteiger partial charge in [0.25, 0.3) is 0 Å². The van der Waals surface area contributed by atoms with Crippen LogP contribution in [0.5, 0.6) is 0 Å². The van der Waals surface area contributed by atoms with E-state index in [9.17, 15) is 14.4 Å². The molecule has 6 rings (SSSR count). The lowest BCUT2D eigenvalue weighted by Crippen LogP contribution is -2.67. The molecule has 6 aliphatic rings. The summed E-state index contributed by atoms with van der Waals surface area (Å²) in [7, 11) is 0. The lowest BCUT2D eigenvalue weighted by molar-refractivity contribution is -0.231. The Kier molecular flexibility index (Phi) is 7.49. The molecule has 0 spiro atoms. The maximum absolute atomic E-state index is 13.8. The standard InChI is InChI=1S/C37H57NO5/c1-22(2)30-26(40)21-37(38-32(41)43-24-11-9-10-12-24)20-19-35(7)25(31(30)37)13-14-28-34(6)17-16-29(42-23(3)39)33(4,5)27(34)15-18-36(28,35)8/h22,24-25,27-29H,9-21H2,1-8H3,(H,38,41)/t25?,27?,28?,29-,34-,35+,36+,37+/m0/s1. The predicted molar refractivity (Wildman–Crippen MR) is 167 cm³/mol. The molecule has 6 heteroatoms. The lowest BCUT2D eigenvalue weighted by atomic mass is 9.33. The van der Waals surface area contributed by atoms with Crippen molar-refractivity contribution in [1.82, 2.24) is 5.32 Å². The highest BCUT2D eigenvalue weighted by Gasteiger charge is 2.70. The van der Waals surface area contributed by atoms with Gasteiger partial charge in [-0.1, -0.05) is 48.5 Å². The van der Waals surface area contributed by atoms with Crippen molar-refractivity contribution in [1.29, 1.82) is 0 Å². The van der Waals surface area contributed by atoms with E-state index in [1.165, 1.54) is 5.57 Å². The summed E-state index contributed by atoms with van der Waals surface area (Å²) in [6.45, 7) is 18.2. The first-order valence-electron chi connectivity index (χ1n) is 17.5. The molecule has 0 aromatic rings. The molecule has 43 heavy (non-hydrogen) atoms. The van der Waals surface area contributed by atoms with Gasteiger partial charge < -0.3 is 14.8 Å². The SMILES string of the molecule is CC(=O)O[C@H]1CC[C@@]2(C)C(CC[C@]3(C)C2CCC2C4=C(C(C)C)C(=O)C[C@]4(NC(=O)OC4CCCC4)CC[C@]23C)C1(C)C. The Balaban J connectivity index is 1.34. The number of carbonyl (C=O) groups is 3. The van der Waals surface area contributed by atoms with Crippen LogP contribution in [0.25, 0.3) is 0 Å². The van der Waals surface area contributed by atoms with Crippen LogP contribution in [-0.4, -0.2) is 35.6 Å². The molecule has 6 aliphatic carbocycles. The van der Waals surface area contributed by atoms with E-state index in [1.54, 1.807) is 6.92 Å². The number of allylic oxidation sites excluding steroid dienone is 1. The number of rotatable bonds is 4. The average molecular weight is 596 g/mol.